The van der Waals surface area contributed by atoms with Crippen LogP contribution in [0.1, 0.15) is 58.2 Å². The van der Waals surface area contributed by atoms with Gasteiger partial charge in [-0.05, 0) is 26.7 Å². The molecular weight excluding hydrogens is 318 g/mol. The summed E-state index contributed by atoms with van der Waals surface area (Å²) in [7, 11) is 1.97. The molecule has 0 unspecified atom stereocenters. The van der Waals surface area contributed by atoms with Crippen LogP contribution in [-0.2, 0) is 27.9 Å². The summed E-state index contributed by atoms with van der Waals surface area (Å²) in [5, 5.41) is 0. The predicted octanol–water partition coefficient (Wildman–Crippen LogP) is 2.87. The van der Waals surface area contributed by atoms with Crippen LogP contribution >= 0.6 is 0 Å². The Bertz CT molecular complexity index is 576. The molecule has 1 aromatic heterocycles. The van der Waals surface area contributed by atoms with Crippen molar-refractivity contribution in [2.24, 2.45) is 13.0 Å². The van der Waals surface area contributed by atoms with E-state index in [0.717, 1.165) is 31.5 Å². The highest BCUT2D eigenvalue weighted by molar-refractivity contribution is 5.78. The lowest BCUT2D eigenvalue weighted by Gasteiger charge is -2.29. The fourth-order valence-corrected chi connectivity index (χ4v) is 3.84. The number of aryl methyl sites for hydroxylation is 1. The third-order valence-electron chi connectivity index (χ3n) is 5.26. The first-order chi connectivity index (χ1) is 11.9. The first kappa shape index (κ1) is 18.4. The predicted molar refractivity (Wildman–Crippen MR) is 94.7 cm³/mol. The average molecular weight is 349 g/mol. The van der Waals surface area contributed by atoms with Gasteiger partial charge in [-0.2, -0.15) is 0 Å². The van der Waals surface area contributed by atoms with Crippen molar-refractivity contribution in [1.29, 1.82) is 0 Å². The molecule has 1 amide bonds. The lowest BCUT2D eigenvalue weighted by molar-refractivity contribution is -0.149. The maximum absolute atomic E-state index is 13.2. The van der Waals surface area contributed by atoms with Crippen molar-refractivity contribution in [3.8, 4) is 0 Å². The highest BCUT2D eigenvalue weighted by atomic mass is 16.7. The second-order valence-electron chi connectivity index (χ2n) is 7.81. The zero-order valence-corrected chi connectivity index (χ0v) is 15.7. The summed E-state index contributed by atoms with van der Waals surface area (Å²) < 4.78 is 13.6. The van der Waals surface area contributed by atoms with Crippen molar-refractivity contribution in [2.45, 2.75) is 70.8 Å². The molecule has 6 nitrogen and oxygen atoms in total. The number of carbonyl (C=O) groups excluding carboxylic acids is 1. The maximum Gasteiger partial charge on any atom is 0.226 e. The molecule has 0 aromatic carbocycles. The van der Waals surface area contributed by atoms with Crippen LogP contribution in [0.4, 0.5) is 0 Å². The Morgan fingerprint density at radius 1 is 1.32 bits per heavy atom. The standard InChI is InChI=1S/C19H31N3O3/c1-19(2)24-14-16(25-19)12-22(13-17-20-10-11-21(17)3)18(23)15-8-6-4-5-7-9-15/h10-11,15-16H,4-9,12-14H2,1-3H3/t16-/m1/s1. The summed E-state index contributed by atoms with van der Waals surface area (Å²) in [6.45, 7) is 5.46. The van der Waals surface area contributed by atoms with Gasteiger partial charge in [0.2, 0.25) is 5.91 Å². The van der Waals surface area contributed by atoms with E-state index in [1.807, 2.05) is 36.6 Å². The molecule has 25 heavy (non-hydrogen) atoms. The Kier molecular flexibility index (Phi) is 5.79. The number of rotatable bonds is 5. The van der Waals surface area contributed by atoms with Crippen LogP contribution in [0.15, 0.2) is 12.4 Å². The van der Waals surface area contributed by atoms with Gasteiger partial charge in [-0.3, -0.25) is 4.79 Å². The molecular formula is C19H31N3O3. The SMILES string of the molecule is Cn1ccnc1CN(C[C@@H]1COC(C)(C)O1)C(=O)C1CCCCCC1. The molecule has 140 valence electrons. The molecule has 1 saturated heterocycles. The minimum atomic E-state index is -0.565. The van der Waals surface area contributed by atoms with Gasteiger partial charge < -0.3 is 18.9 Å². The molecule has 3 rings (SSSR count). The second-order valence-corrected chi connectivity index (χ2v) is 7.81. The van der Waals surface area contributed by atoms with Gasteiger partial charge in [0.25, 0.3) is 0 Å². The highest BCUT2D eigenvalue weighted by Gasteiger charge is 2.36. The normalized spacial score (nSPS) is 24.2. The molecule has 0 N–H and O–H groups in total. The van der Waals surface area contributed by atoms with Gasteiger partial charge in [-0.25, -0.2) is 4.98 Å². The molecule has 2 heterocycles. The Hall–Kier alpha value is -1.40. The molecule has 1 atom stereocenters. The first-order valence-corrected chi connectivity index (χ1v) is 9.51. The number of ether oxygens (including phenoxy) is 2. The van der Waals surface area contributed by atoms with E-state index in [1.54, 1.807) is 6.20 Å². The van der Waals surface area contributed by atoms with Crippen LogP contribution in [0.25, 0.3) is 0 Å². The Labute approximate surface area is 150 Å². The average Bonchev–Trinajstić information content (AvgIpc) is 3.00. The van der Waals surface area contributed by atoms with Crippen LogP contribution in [0.3, 0.4) is 0 Å². The maximum atomic E-state index is 13.2. The molecule has 2 fully saturated rings. The Morgan fingerprint density at radius 3 is 2.60 bits per heavy atom. The molecule has 1 saturated carbocycles. The minimum Gasteiger partial charge on any atom is -0.348 e. The van der Waals surface area contributed by atoms with E-state index in [1.165, 1.54) is 12.8 Å². The molecule has 1 aliphatic heterocycles. The fourth-order valence-electron chi connectivity index (χ4n) is 3.84. The minimum absolute atomic E-state index is 0.0787. The summed E-state index contributed by atoms with van der Waals surface area (Å²) in [6.07, 6.45) is 10.4. The topological polar surface area (TPSA) is 56.6 Å². The van der Waals surface area contributed by atoms with Crippen LogP contribution in [0, 0.1) is 5.92 Å². The summed E-state index contributed by atoms with van der Waals surface area (Å²) in [6, 6.07) is 0. The van der Waals surface area contributed by atoms with Gasteiger partial charge in [-0.1, -0.05) is 25.7 Å². The Balaban J connectivity index is 1.71. The smallest absolute Gasteiger partial charge is 0.226 e. The van der Waals surface area contributed by atoms with Crippen molar-refractivity contribution in [3.05, 3.63) is 18.2 Å². The van der Waals surface area contributed by atoms with Crippen molar-refractivity contribution < 1.29 is 14.3 Å². The van der Waals surface area contributed by atoms with Crippen LogP contribution in [0.5, 0.6) is 0 Å². The van der Waals surface area contributed by atoms with E-state index in [4.69, 9.17) is 9.47 Å². The zero-order chi connectivity index (χ0) is 17.9. The van der Waals surface area contributed by atoms with Gasteiger partial charge in [0.15, 0.2) is 5.79 Å². The van der Waals surface area contributed by atoms with Crippen molar-refractivity contribution in [3.63, 3.8) is 0 Å². The molecule has 0 bridgehead atoms. The first-order valence-electron chi connectivity index (χ1n) is 9.51. The van der Waals surface area contributed by atoms with Gasteiger partial charge in [0.05, 0.1) is 13.2 Å². The van der Waals surface area contributed by atoms with Crippen LogP contribution in [0.2, 0.25) is 0 Å². The molecule has 6 heteroatoms. The lowest BCUT2D eigenvalue weighted by atomic mass is 9.98. The van der Waals surface area contributed by atoms with Gasteiger partial charge >= 0.3 is 0 Å². The largest absolute Gasteiger partial charge is 0.348 e. The van der Waals surface area contributed by atoms with Gasteiger partial charge in [0, 0.05) is 31.9 Å². The van der Waals surface area contributed by atoms with Crippen molar-refractivity contribution in [1.82, 2.24) is 14.5 Å². The number of hydrogen-bond acceptors (Lipinski definition) is 4. The quantitative estimate of drug-likeness (QED) is 0.767. The number of hydrogen-bond donors (Lipinski definition) is 0. The van der Waals surface area contributed by atoms with Crippen LogP contribution < -0.4 is 0 Å². The third-order valence-corrected chi connectivity index (χ3v) is 5.26. The van der Waals surface area contributed by atoms with Gasteiger partial charge in [0.1, 0.15) is 11.9 Å². The van der Waals surface area contributed by atoms with Crippen LogP contribution in [-0.4, -0.2) is 45.4 Å². The number of aromatic nitrogens is 2. The number of carbonyl (C=O) groups is 1. The lowest BCUT2D eigenvalue weighted by Crippen LogP contribution is -2.42. The Morgan fingerprint density at radius 2 is 2.04 bits per heavy atom. The summed E-state index contributed by atoms with van der Waals surface area (Å²) in [4.78, 5) is 19.6. The second kappa shape index (κ2) is 7.87. The summed E-state index contributed by atoms with van der Waals surface area (Å²) in [5.74, 6) is 0.724. The monoisotopic (exact) mass is 349 g/mol. The summed E-state index contributed by atoms with van der Waals surface area (Å²) in [5.41, 5.74) is 0. The van der Waals surface area contributed by atoms with E-state index in [-0.39, 0.29) is 17.9 Å². The zero-order valence-electron chi connectivity index (χ0n) is 15.7. The molecule has 0 spiro atoms. The van der Waals surface area contributed by atoms with E-state index in [0.29, 0.717) is 19.7 Å². The van der Waals surface area contributed by atoms with Gasteiger partial charge in [-0.15, -0.1) is 0 Å². The van der Waals surface area contributed by atoms with Crippen molar-refractivity contribution >= 4 is 5.91 Å². The number of amides is 1. The fraction of sp³-hybridized carbons (Fsp3) is 0.789. The highest BCUT2D eigenvalue weighted by Crippen LogP contribution is 2.27. The number of imidazole rings is 1. The molecule has 1 aromatic rings. The van der Waals surface area contributed by atoms with E-state index >= 15 is 0 Å². The molecule has 0 radical (unpaired) electrons. The molecule has 1 aliphatic carbocycles. The van der Waals surface area contributed by atoms with E-state index in [2.05, 4.69) is 4.98 Å². The summed E-state index contributed by atoms with van der Waals surface area (Å²) >= 11 is 0. The third kappa shape index (κ3) is 4.82. The van der Waals surface area contributed by atoms with Crippen molar-refractivity contribution in [2.75, 3.05) is 13.2 Å². The number of nitrogens with zero attached hydrogens (tertiary/aromatic N) is 3. The molecule has 2 aliphatic rings. The van der Waals surface area contributed by atoms with E-state index < -0.39 is 5.79 Å². The van der Waals surface area contributed by atoms with E-state index in [9.17, 15) is 4.79 Å².